The molecule has 1 rings (SSSR count). The molecule has 1 aromatic rings. The van der Waals surface area contributed by atoms with Crippen molar-refractivity contribution < 1.29 is 9.53 Å². The average Bonchev–Trinajstić information content (AvgIpc) is 2.15. The number of benzene rings is 1. The zero-order valence-corrected chi connectivity index (χ0v) is 11.0. The molecule has 0 aromatic heterocycles. The van der Waals surface area contributed by atoms with Gasteiger partial charge in [0.05, 0.1) is 6.61 Å². The minimum Gasteiger partial charge on any atom is -0.380 e. The van der Waals surface area contributed by atoms with Crippen LogP contribution in [0, 0.1) is 5.41 Å². The van der Waals surface area contributed by atoms with Crippen LogP contribution in [0.1, 0.15) is 32.8 Å². The summed E-state index contributed by atoms with van der Waals surface area (Å²) in [6.07, 6.45) is 0.515. The molecule has 0 atom stereocenters. The Hall–Kier alpha value is -1.35. The van der Waals surface area contributed by atoms with Gasteiger partial charge in [0.15, 0.2) is 0 Å². The maximum absolute atomic E-state index is 11.8. The van der Waals surface area contributed by atoms with Crippen molar-refractivity contribution in [1.82, 2.24) is 0 Å². The second-order valence-corrected chi connectivity index (χ2v) is 5.42. The van der Waals surface area contributed by atoms with Gasteiger partial charge in [-0.1, -0.05) is 32.9 Å². The first-order valence-corrected chi connectivity index (χ1v) is 5.78. The van der Waals surface area contributed by atoms with Crippen LogP contribution in [0.25, 0.3) is 0 Å². The highest BCUT2D eigenvalue weighted by Crippen LogP contribution is 2.20. The summed E-state index contributed by atoms with van der Waals surface area (Å²) in [5.74, 6) is 0.0482. The lowest BCUT2D eigenvalue weighted by Crippen LogP contribution is -2.19. The third kappa shape index (κ3) is 5.50. The van der Waals surface area contributed by atoms with Crippen molar-refractivity contribution in [3.8, 4) is 0 Å². The maximum Gasteiger partial charge on any atom is 0.224 e. The summed E-state index contributed by atoms with van der Waals surface area (Å²) < 4.78 is 5.06. The molecular weight excluding hydrogens is 214 g/mol. The number of ether oxygens (including phenoxy) is 1. The van der Waals surface area contributed by atoms with E-state index < -0.39 is 0 Å². The molecule has 0 aliphatic heterocycles. The number of nitrogens with one attached hydrogen (secondary N) is 1. The quantitative estimate of drug-likeness (QED) is 0.870. The smallest absolute Gasteiger partial charge is 0.224 e. The van der Waals surface area contributed by atoms with Crippen molar-refractivity contribution in [2.75, 3.05) is 12.4 Å². The standard InChI is InChI=1S/C14H21NO2/c1-14(2,3)9-13(16)15-12-7-5-6-11(8-12)10-17-4/h5-8H,9-10H2,1-4H3,(H,15,16). The first-order valence-electron chi connectivity index (χ1n) is 5.78. The van der Waals surface area contributed by atoms with Crippen LogP contribution in [0.5, 0.6) is 0 Å². The van der Waals surface area contributed by atoms with Crippen molar-refractivity contribution >= 4 is 11.6 Å². The van der Waals surface area contributed by atoms with Crippen molar-refractivity contribution in [2.24, 2.45) is 5.41 Å². The van der Waals surface area contributed by atoms with Gasteiger partial charge in [-0.05, 0) is 23.1 Å². The van der Waals surface area contributed by atoms with Crippen LogP contribution in [0.4, 0.5) is 5.69 Å². The Balaban J connectivity index is 2.62. The van der Waals surface area contributed by atoms with Crippen molar-refractivity contribution in [2.45, 2.75) is 33.8 Å². The monoisotopic (exact) mass is 235 g/mol. The molecule has 94 valence electrons. The summed E-state index contributed by atoms with van der Waals surface area (Å²) in [5, 5.41) is 2.90. The number of carbonyl (C=O) groups is 1. The van der Waals surface area contributed by atoms with Crippen LogP contribution in [0.2, 0.25) is 0 Å². The zero-order chi connectivity index (χ0) is 12.9. The number of amides is 1. The predicted octanol–water partition coefficient (Wildman–Crippen LogP) is 3.21. The molecule has 0 saturated heterocycles. The number of hydrogen-bond acceptors (Lipinski definition) is 2. The Kier molecular flexibility index (Phi) is 4.70. The Morgan fingerprint density at radius 1 is 1.35 bits per heavy atom. The minimum absolute atomic E-state index is 0.00816. The van der Waals surface area contributed by atoms with Crippen molar-refractivity contribution in [3.63, 3.8) is 0 Å². The van der Waals surface area contributed by atoms with Gasteiger partial charge in [-0.15, -0.1) is 0 Å². The first-order chi connectivity index (χ1) is 7.90. The van der Waals surface area contributed by atoms with Gasteiger partial charge in [-0.3, -0.25) is 4.79 Å². The Morgan fingerprint density at radius 2 is 2.06 bits per heavy atom. The molecule has 0 spiro atoms. The van der Waals surface area contributed by atoms with E-state index in [-0.39, 0.29) is 11.3 Å². The molecule has 0 heterocycles. The molecule has 0 aliphatic carbocycles. The van der Waals surface area contributed by atoms with Gasteiger partial charge in [0.25, 0.3) is 0 Å². The van der Waals surface area contributed by atoms with Gasteiger partial charge >= 0.3 is 0 Å². The Labute approximate surface area is 103 Å². The summed E-state index contributed by atoms with van der Waals surface area (Å²) in [6, 6.07) is 7.72. The normalized spacial score (nSPS) is 11.3. The molecule has 0 aliphatic rings. The summed E-state index contributed by atoms with van der Waals surface area (Å²) in [4.78, 5) is 11.8. The van der Waals surface area contributed by atoms with E-state index in [1.165, 1.54) is 0 Å². The van der Waals surface area contributed by atoms with E-state index in [1.807, 2.05) is 45.0 Å². The zero-order valence-electron chi connectivity index (χ0n) is 11.0. The second kappa shape index (κ2) is 5.82. The summed E-state index contributed by atoms with van der Waals surface area (Å²) in [7, 11) is 1.66. The van der Waals surface area contributed by atoms with Gasteiger partial charge in [0, 0.05) is 19.2 Å². The highest BCUT2D eigenvalue weighted by molar-refractivity contribution is 5.91. The van der Waals surface area contributed by atoms with Crippen LogP contribution in [0.3, 0.4) is 0 Å². The molecule has 0 radical (unpaired) electrons. The van der Waals surface area contributed by atoms with Crippen LogP contribution >= 0.6 is 0 Å². The van der Waals surface area contributed by atoms with Crippen LogP contribution < -0.4 is 5.32 Å². The number of rotatable bonds is 4. The number of anilines is 1. The summed E-state index contributed by atoms with van der Waals surface area (Å²) in [5.41, 5.74) is 1.89. The van der Waals surface area contributed by atoms with Crippen LogP contribution in [-0.2, 0) is 16.1 Å². The van der Waals surface area contributed by atoms with E-state index in [2.05, 4.69) is 5.32 Å². The van der Waals surface area contributed by atoms with Crippen molar-refractivity contribution in [1.29, 1.82) is 0 Å². The number of hydrogen-bond donors (Lipinski definition) is 1. The number of carbonyl (C=O) groups excluding carboxylic acids is 1. The minimum atomic E-state index is 0.00816. The maximum atomic E-state index is 11.8. The highest BCUT2D eigenvalue weighted by atomic mass is 16.5. The van der Waals surface area contributed by atoms with Gasteiger partial charge in [-0.2, -0.15) is 0 Å². The fraction of sp³-hybridized carbons (Fsp3) is 0.500. The lowest BCUT2D eigenvalue weighted by molar-refractivity contribution is -0.117. The lowest BCUT2D eigenvalue weighted by atomic mass is 9.92. The summed E-state index contributed by atoms with van der Waals surface area (Å²) in [6.45, 7) is 6.71. The molecule has 0 bridgehead atoms. The molecule has 1 N–H and O–H groups in total. The van der Waals surface area contributed by atoms with Crippen LogP contribution in [-0.4, -0.2) is 13.0 Å². The second-order valence-electron chi connectivity index (χ2n) is 5.42. The fourth-order valence-corrected chi connectivity index (χ4v) is 1.59. The average molecular weight is 235 g/mol. The Morgan fingerprint density at radius 3 is 2.65 bits per heavy atom. The molecule has 0 saturated carbocycles. The van der Waals surface area contributed by atoms with Gasteiger partial charge in [0.2, 0.25) is 5.91 Å². The summed E-state index contributed by atoms with van der Waals surface area (Å²) >= 11 is 0. The SMILES string of the molecule is COCc1cccc(NC(=O)CC(C)(C)C)c1. The third-order valence-corrected chi connectivity index (χ3v) is 2.21. The van der Waals surface area contributed by atoms with E-state index in [9.17, 15) is 4.79 Å². The predicted molar refractivity (Wildman–Crippen MR) is 69.9 cm³/mol. The molecule has 0 unspecified atom stereocenters. The molecule has 0 fully saturated rings. The van der Waals surface area contributed by atoms with Crippen molar-refractivity contribution in [3.05, 3.63) is 29.8 Å². The number of methoxy groups -OCH3 is 1. The van der Waals surface area contributed by atoms with E-state index in [1.54, 1.807) is 7.11 Å². The molecule has 1 aromatic carbocycles. The molecular formula is C14H21NO2. The molecule has 17 heavy (non-hydrogen) atoms. The first kappa shape index (κ1) is 13.7. The highest BCUT2D eigenvalue weighted by Gasteiger charge is 2.15. The Bertz CT molecular complexity index is 380. The van der Waals surface area contributed by atoms with E-state index >= 15 is 0 Å². The molecule has 3 heteroatoms. The van der Waals surface area contributed by atoms with Crippen LogP contribution in [0.15, 0.2) is 24.3 Å². The largest absolute Gasteiger partial charge is 0.380 e. The van der Waals surface area contributed by atoms with E-state index in [0.29, 0.717) is 13.0 Å². The van der Waals surface area contributed by atoms with Gasteiger partial charge in [0.1, 0.15) is 0 Å². The fourth-order valence-electron chi connectivity index (χ4n) is 1.59. The molecule has 3 nitrogen and oxygen atoms in total. The topological polar surface area (TPSA) is 38.3 Å². The van der Waals surface area contributed by atoms with Gasteiger partial charge in [-0.25, -0.2) is 0 Å². The van der Waals surface area contributed by atoms with Gasteiger partial charge < -0.3 is 10.1 Å². The molecule has 1 amide bonds. The lowest BCUT2D eigenvalue weighted by Gasteiger charge is -2.17. The third-order valence-electron chi connectivity index (χ3n) is 2.21. The van der Waals surface area contributed by atoms with E-state index in [0.717, 1.165) is 11.3 Å². The van der Waals surface area contributed by atoms with E-state index in [4.69, 9.17) is 4.74 Å².